The SMILES string of the molecule is C[C@H]1S[C@@H](c2ccc3c(c2)OCO3)N(Nc2ccccc2)C1=O. The van der Waals surface area contributed by atoms with Crippen molar-refractivity contribution in [3.63, 3.8) is 0 Å². The van der Waals surface area contributed by atoms with E-state index in [4.69, 9.17) is 9.47 Å². The zero-order valence-corrected chi connectivity index (χ0v) is 13.4. The van der Waals surface area contributed by atoms with Gasteiger partial charge in [0.25, 0.3) is 5.91 Å². The van der Waals surface area contributed by atoms with E-state index in [1.807, 2.05) is 55.5 Å². The number of hydrazine groups is 1. The molecule has 0 radical (unpaired) electrons. The van der Waals surface area contributed by atoms with Gasteiger partial charge in [0.05, 0.1) is 10.9 Å². The summed E-state index contributed by atoms with van der Waals surface area (Å²) in [7, 11) is 0. The first-order valence-electron chi connectivity index (χ1n) is 7.42. The molecule has 5 nitrogen and oxygen atoms in total. The number of para-hydroxylation sites is 1. The van der Waals surface area contributed by atoms with Crippen molar-refractivity contribution in [1.29, 1.82) is 0 Å². The molecule has 6 heteroatoms. The zero-order chi connectivity index (χ0) is 15.8. The molecule has 0 aromatic heterocycles. The molecule has 1 N–H and O–H groups in total. The van der Waals surface area contributed by atoms with Gasteiger partial charge in [0, 0.05) is 0 Å². The number of nitrogens with zero attached hydrogens (tertiary/aromatic N) is 1. The van der Waals surface area contributed by atoms with E-state index in [9.17, 15) is 4.79 Å². The minimum atomic E-state index is -0.104. The van der Waals surface area contributed by atoms with Gasteiger partial charge in [-0.3, -0.25) is 10.2 Å². The average Bonchev–Trinajstić information content (AvgIpc) is 3.15. The largest absolute Gasteiger partial charge is 0.454 e. The van der Waals surface area contributed by atoms with Crippen molar-refractivity contribution in [2.75, 3.05) is 12.2 Å². The van der Waals surface area contributed by atoms with E-state index >= 15 is 0 Å². The van der Waals surface area contributed by atoms with Crippen molar-refractivity contribution >= 4 is 23.4 Å². The van der Waals surface area contributed by atoms with Crippen LogP contribution >= 0.6 is 11.8 Å². The van der Waals surface area contributed by atoms with Gasteiger partial charge in [0.2, 0.25) is 6.79 Å². The second-order valence-electron chi connectivity index (χ2n) is 5.43. The summed E-state index contributed by atoms with van der Waals surface area (Å²) >= 11 is 1.62. The molecule has 118 valence electrons. The molecule has 2 heterocycles. The number of carbonyl (C=O) groups excluding carboxylic acids is 1. The van der Waals surface area contributed by atoms with Crippen LogP contribution in [0.4, 0.5) is 5.69 Å². The van der Waals surface area contributed by atoms with Crippen LogP contribution in [0.1, 0.15) is 17.9 Å². The molecule has 4 rings (SSSR count). The summed E-state index contributed by atoms with van der Waals surface area (Å²) in [5, 5.41) is 1.50. The van der Waals surface area contributed by atoms with Crippen LogP contribution in [0.15, 0.2) is 48.5 Å². The minimum Gasteiger partial charge on any atom is -0.454 e. The lowest BCUT2D eigenvalue weighted by molar-refractivity contribution is -0.128. The van der Waals surface area contributed by atoms with Crippen LogP contribution in [-0.4, -0.2) is 23.0 Å². The molecular formula is C17H16N2O3S. The van der Waals surface area contributed by atoms with E-state index < -0.39 is 0 Å². The molecule has 0 bridgehead atoms. The Morgan fingerprint density at radius 1 is 1.13 bits per heavy atom. The van der Waals surface area contributed by atoms with Crippen molar-refractivity contribution in [3.8, 4) is 11.5 Å². The number of ether oxygens (including phenoxy) is 2. The third-order valence-corrected chi connectivity index (χ3v) is 5.21. The lowest BCUT2D eigenvalue weighted by atomic mass is 10.2. The summed E-state index contributed by atoms with van der Waals surface area (Å²) in [6.07, 6.45) is 0. The number of carbonyl (C=O) groups is 1. The molecule has 0 unspecified atom stereocenters. The Morgan fingerprint density at radius 2 is 1.91 bits per heavy atom. The van der Waals surface area contributed by atoms with Crippen LogP contribution in [0.25, 0.3) is 0 Å². The van der Waals surface area contributed by atoms with Crippen LogP contribution in [-0.2, 0) is 4.79 Å². The van der Waals surface area contributed by atoms with Gasteiger partial charge in [-0.05, 0) is 36.8 Å². The number of benzene rings is 2. The van der Waals surface area contributed by atoms with Crippen LogP contribution in [0.2, 0.25) is 0 Å². The fourth-order valence-electron chi connectivity index (χ4n) is 2.68. The maximum atomic E-state index is 12.5. The number of hydrogen-bond donors (Lipinski definition) is 1. The lowest BCUT2D eigenvalue weighted by Gasteiger charge is -2.25. The van der Waals surface area contributed by atoms with Gasteiger partial charge in [0.1, 0.15) is 5.37 Å². The quantitative estimate of drug-likeness (QED) is 0.936. The fourth-order valence-corrected chi connectivity index (χ4v) is 3.88. The first-order valence-corrected chi connectivity index (χ1v) is 8.36. The van der Waals surface area contributed by atoms with Crippen LogP contribution in [0.5, 0.6) is 11.5 Å². The number of hydrogen-bond acceptors (Lipinski definition) is 5. The minimum absolute atomic E-state index is 0.0709. The van der Waals surface area contributed by atoms with Gasteiger partial charge in [-0.25, -0.2) is 5.01 Å². The molecule has 2 atom stereocenters. The Labute approximate surface area is 138 Å². The first-order chi connectivity index (χ1) is 11.2. The van der Waals surface area contributed by atoms with Crippen LogP contribution in [0, 0.1) is 0 Å². The van der Waals surface area contributed by atoms with Crippen LogP contribution in [0.3, 0.4) is 0 Å². The molecule has 2 aliphatic heterocycles. The van der Waals surface area contributed by atoms with Crippen molar-refractivity contribution in [3.05, 3.63) is 54.1 Å². The van der Waals surface area contributed by atoms with Gasteiger partial charge in [-0.2, -0.15) is 0 Å². The average molecular weight is 328 g/mol. The number of thioether (sulfide) groups is 1. The highest BCUT2D eigenvalue weighted by Crippen LogP contribution is 2.45. The number of anilines is 1. The second-order valence-corrected chi connectivity index (χ2v) is 6.86. The molecule has 1 fully saturated rings. The summed E-state index contributed by atoms with van der Waals surface area (Å²) in [6, 6.07) is 15.5. The normalized spacial score (nSPS) is 22.5. The number of amides is 1. The van der Waals surface area contributed by atoms with Crippen LogP contribution < -0.4 is 14.9 Å². The van der Waals surface area contributed by atoms with Crippen molar-refractivity contribution in [2.24, 2.45) is 0 Å². The Morgan fingerprint density at radius 3 is 2.74 bits per heavy atom. The Balaban J connectivity index is 1.64. The smallest absolute Gasteiger partial charge is 0.255 e. The topological polar surface area (TPSA) is 50.8 Å². The summed E-state index contributed by atoms with van der Waals surface area (Å²) in [6.45, 7) is 2.18. The predicted octanol–water partition coefficient (Wildman–Crippen LogP) is 3.40. The van der Waals surface area contributed by atoms with E-state index in [1.54, 1.807) is 16.8 Å². The molecule has 1 amide bonds. The summed E-state index contributed by atoms with van der Waals surface area (Å²) in [4.78, 5) is 12.5. The molecule has 1 saturated heterocycles. The van der Waals surface area contributed by atoms with Crippen molar-refractivity contribution < 1.29 is 14.3 Å². The molecule has 23 heavy (non-hydrogen) atoms. The number of fused-ring (bicyclic) bond motifs is 1. The molecule has 0 aliphatic carbocycles. The van der Waals surface area contributed by atoms with E-state index in [-0.39, 0.29) is 23.3 Å². The Hall–Kier alpha value is -2.34. The van der Waals surface area contributed by atoms with Gasteiger partial charge >= 0.3 is 0 Å². The van der Waals surface area contributed by atoms with E-state index in [2.05, 4.69) is 5.43 Å². The number of nitrogens with one attached hydrogen (secondary N) is 1. The summed E-state index contributed by atoms with van der Waals surface area (Å²) in [5.74, 6) is 1.55. The van der Waals surface area contributed by atoms with E-state index in [0.29, 0.717) is 0 Å². The maximum Gasteiger partial charge on any atom is 0.255 e. The third-order valence-electron chi connectivity index (χ3n) is 3.86. The molecule has 2 aromatic carbocycles. The lowest BCUT2D eigenvalue weighted by Crippen LogP contribution is -2.35. The predicted molar refractivity (Wildman–Crippen MR) is 89.3 cm³/mol. The fraction of sp³-hybridized carbons (Fsp3) is 0.235. The first kappa shape index (κ1) is 14.3. The van der Waals surface area contributed by atoms with Gasteiger partial charge in [-0.15, -0.1) is 11.8 Å². The summed E-state index contributed by atoms with van der Waals surface area (Å²) < 4.78 is 10.8. The maximum absolute atomic E-state index is 12.5. The van der Waals surface area contributed by atoms with Gasteiger partial charge < -0.3 is 9.47 Å². The number of rotatable bonds is 3. The van der Waals surface area contributed by atoms with E-state index in [1.165, 1.54) is 0 Å². The monoisotopic (exact) mass is 328 g/mol. The van der Waals surface area contributed by atoms with Gasteiger partial charge in [-0.1, -0.05) is 24.3 Å². The highest BCUT2D eigenvalue weighted by atomic mass is 32.2. The Bertz CT molecular complexity index is 738. The zero-order valence-electron chi connectivity index (χ0n) is 12.6. The molecular weight excluding hydrogens is 312 g/mol. The highest BCUT2D eigenvalue weighted by Gasteiger charge is 2.39. The molecule has 2 aromatic rings. The summed E-state index contributed by atoms with van der Waals surface area (Å²) in [5.41, 5.74) is 5.13. The van der Waals surface area contributed by atoms with Crippen molar-refractivity contribution in [2.45, 2.75) is 17.5 Å². The van der Waals surface area contributed by atoms with Crippen molar-refractivity contribution in [1.82, 2.24) is 5.01 Å². The highest BCUT2D eigenvalue weighted by molar-refractivity contribution is 8.01. The molecule has 0 saturated carbocycles. The standard InChI is InChI=1S/C17H16N2O3S/c1-11-16(20)19(18-13-5-3-2-4-6-13)17(23-11)12-7-8-14-15(9-12)22-10-21-14/h2-9,11,17-18H,10H2,1H3/t11-,17+/m1/s1. The third kappa shape index (κ3) is 2.59. The molecule has 0 spiro atoms. The molecule has 2 aliphatic rings. The Kier molecular flexibility index (Phi) is 3.53. The van der Waals surface area contributed by atoms with E-state index in [0.717, 1.165) is 22.7 Å². The van der Waals surface area contributed by atoms with Gasteiger partial charge in [0.15, 0.2) is 11.5 Å². The second kappa shape index (κ2) is 5.70.